The number of thioether (sulfide) groups is 1. The molecule has 0 spiro atoms. The summed E-state index contributed by atoms with van der Waals surface area (Å²) in [5.74, 6) is -0.0655. The van der Waals surface area contributed by atoms with Gasteiger partial charge < -0.3 is 0 Å². The molecule has 2 aromatic rings. The molecule has 0 aromatic heterocycles. The number of carbonyl (C=O) groups is 1. The number of aryl methyl sites for hydroxylation is 1. The fourth-order valence-electron chi connectivity index (χ4n) is 2.32. The maximum Gasteiger partial charge on any atom is 0.270 e. The predicted molar refractivity (Wildman–Crippen MR) is 106 cm³/mol. The van der Waals surface area contributed by atoms with E-state index >= 15 is 0 Å². The Hall–Kier alpha value is -1.43. The van der Waals surface area contributed by atoms with Crippen LogP contribution in [0.15, 0.2) is 57.9 Å². The van der Waals surface area contributed by atoms with Gasteiger partial charge in [0.1, 0.15) is 0 Å². The zero-order valence-electron chi connectivity index (χ0n) is 12.5. The van der Waals surface area contributed by atoms with Crippen LogP contribution in [0.5, 0.6) is 0 Å². The van der Waals surface area contributed by atoms with Gasteiger partial charge in [-0.15, -0.1) is 0 Å². The molecule has 0 saturated carbocycles. The summed E-state index contributed by atoms with van der Waals surface area (Å²) < 4.78 is 1.55. The van der Waals surface area contributed by atoms with Crippen molar-refractivity contribution >= 4 is 61.9 Å². The van der Waals surface area contributed by atoms with Crippen molar-refractivity contribution in [2.75, 3.05) is 4.90 Å². The Morgan fingerprint density at radius 2 is 1.96 bits per heavy atom. The normalized spacial score (nSPS) is 16.4. The van der Waals surface area contributed by atoms with Crippen LogP contribution in [0.4, 0.5) is 5.69 Å². The second-order valence-electron chi connectivity index (χ2n) is 5.09. The number of anilines is 1. The molecule has 5 heteroatoms. The molecule has 0 unspecified atom stereocenters. The average Bonchev–Trinajstić information content (AvgIpc) is 2.81. The molecule has 0 aliphatic carbocycles. The smallest absolute Gasteiger partial charge is 0.268 e. The number of benzene rings is 2. The molecule has 2 nitrogen and oxygen atoms in total. The number of amides is 1. The SMILES string of the molecule is CCc1ccc(N2C(=O)/C(=C/c3cccc(Br)c3)SC2=S)cc1. The van der Waals surface area contributed by atoms with Crippen molar-refractivity contribution in [3.05, 3.63) is 69.0 Å². The minimum absolute atomic E-state index is 0.0655. The summed E-state index contributed by atoms with van der Waals surface area (Å²) in [6.45, 7) is 2.11. The minimum atomic E-state index is -0.0655. The molecule has 1 saturated heterocycles. The lowest BCUT2D eigenvalue weighted by atomic mass is 10.1. The highest BCUT2D eigenvalue weighted by atomic mass is 79.9. The van der Waals surface area contributed by atoms with Crippen LogP contribution in [-0.4, -0.2) is 10.2 Å². The van der Waals surface area contributed by atoms with Crippen molar-refractivity contribution in [1.29, 1.82) is 0 Å². The number of thiocarbonyl (C=S) groups is 1. The molecule has 116 valence electrons. The van der Waals surface area contributed by atoms with Gasteiger partial charge in [-0.3, -0.25) is 9.69 Å². The van der Waals surface area contributed by atoms with Crippen molar-refractivity contribution < 1.29 is 4.79 Å². The third-order valence-electron chi connectivity index (χ3n) is 3.54. The summed E-state index contributed by atoms with van der Waals surface area (Å²) >= 11 is 10.2. The van der Waals surface area contributed by atoms with E-state index in [1.165, 1.54) is 17.3 Å². The van der Waals surface area contributed by atoms with E-state index in [1.807, 2.05) is 54.6 Å². The van der Waals surface area contributed by atoms with Crippen LogP contribution >= 0.6 is 39.9 Å². The Balaban J connectivity index is 1.90. The number of hydrogen-bond acceptors (Lipinski definition) is 3. The van der Waals surface area contributed by atoms with Crippen molar-refractivity contribution in [2.24, 2.45) is 0 Å². The second kappa shape index (κ2) is 6.99. The van der Waals surface area contributed by atoms with Gasteiger partial charge in [0.05, 0.1) is 10.6 Å². The fraction of sp³-hybridized carbons (Fsp3) is 0.111. The zero-order valence-corrected chi connectivity index (χ0v) is 15.7. The predicted octanol–water partition coefficient (Wildman–Crippen LogP) is 5.42. The molecule has 0 bridgehead atoms. The van der Waals surface area contributed by atoms with E-state index in [2.05, 4.69) is 22.9 Å². The zero-order chi connectivity index (χ0) is 16.4. The van der Waals surface area contributed by atoms with Gasteiger partial charge in [-0.25, -0.2) is 0 Å². The summed E-state index contributed by atoms with van der Waals surface area (Å²) in [4.78, 5) is 14.9. The van der Waals surface area contributed by atoms with Gasteiger partial charge in [0.15, 0.2) is 4.32 Å². The summed E-state index contributed by atoms with van der Waals surface area (Å²) in [6, 6.07) is 15.8. The van der Waals surface area contributed by atoms with Gasteiger partial charge in [-0.2, -0.15) is 0 Å². The molecular formula is C18H14BrNOS2. The van der Waals surface area contributed by atoms with Gasteiger partial charge in [0.2, 0.25) is 0 Å². The van der Waals surface area contributed by atoms with E-state index in [1.54, 1.807) is 4.90 Å². The lowest BCUT2D eigenvalue weighted by Crippen LogP contribution is -2.27. The number of rotatable bonds is 3. The molecule has 23 heavy (non-hydrogen) atoms. The van der Waals surface area contributed by atoms with Crippen molar-refractivity contribution in [3.63, 3.8) is 0 Å². The first-order valence-electron chi connectivity index (χ1n) is 7.21. The summed E-state index contributed by atoms with van der Waals surface area (Å²) in [7, 11) is 0. The standard InChI is InChI=1S/C18H14BrNOS2/c1-2-12-6-8-15(9-7-12)20-17(21)16(23-18(20)22)11-13-4-3-5-14(19)10-13/h3-11H,2H2,1H3/b16-11-. The van der Waals surface area contributed by atoms with E-state index < -0.39 is 0 Å². The fourth-order valence-corrected chi connectivity index (χ4v) is 4.03. The first-order valence-corrected chi connectivity index (χ1v) is 9.22. The first kappa shape index (κ1) is 16.4. The van der Waals surface area contributed by atoms with Crippen LogP contribution < -0.4 is 4.90 Å². The van der Waals surface area contributed by atoms with Gasteiger partial charge in [-0.05, 0) is 47.9 Å². The molecule has 3 rings (SSSR count). The quantitative estimate of drug-likeness (QED) is 0.504. The number of nitrogens with zero attached hydrogens (tertiary/aromatic N) is 1. The van der Waals surface area contributed by atoms with Gasteiger partial charge in [0, 0.05) is 4.47 Å². The topological polar surface area (TPSA) is 20.3 Å². The van der Waals surface area contributed by atoms with E-state index in [0.717, 1.165) is 22.1 Å². The molecule has 1 heterocycles. The summed E-state index contributed by atoms with van der Waals surface area (Å²) in [6.07, 6.45) is 2.85. The van der Waals surface area contributed by atoms with Crippen LogP contribution in [0.25, 0.3) is 6.08 Å². The van der Waals surface area contributed by atoms with Crippen LogP contribution in [0.1, 0.15) is 18.1 Å². The maximum atomic E-state index is 12.7. The van der Waals surface area contributed by atoms with Crippen LogP contribution in [0.3, 0.4) is 0 Å². The molecule has 0 N–H and O–H groups in total. The molecule has 2 aromatic carbocycles. The summed E-state index contributed by atoms with van der Waals surface area (Å²) in [5, 5.41) is 0. The van der Waals surface area contributed by atoms with E-state index in [4.69, 9.17) is 12.2 Å². The van der Waals surface area contributed by atoms with E-state index in [9.17, 15) is 4.79 Å². The number of hydrogen-bond donors (Lipinski definition) is 0. The van der Waals surface area contributed by atoms with E-state index in [0.29, 0.717) is 9.23 Å². The molecule has 1 amide bonds. The first-order chi connectivity index (χ1) is 11.1. The summed E-state index contributed by atoms with van der Waals surface area (Å²) in [5.41, 5.74) is 3.03. The van der Waals surface area contributed by atoms with Gasteiger partial charge >= 0.3 is 0 Å². The highest BCUT2D eigenvalue weighted by Gasteiger charge is 2.33. The molecular weight excluding hydrogens is 390 g/mol. The molecule has 1 aliphatic heterocycles. The number of carbonyl (C=O) groups excluding carboxylic acids is 1. The van der Waals surface area contributed by atoms with Crippen molar-refractivity contribution in [3.8, 4) is 0 Å². The Morgan fingerprint density at radius 3 is 2.61 bits per heavy atom. The van der Waals surface area contributed by atoms with Crippen molar-refractivity contribution in [1.82, 2.24) is 0 Å². The molecule has 1 aliphatic rings. The van der Waals surface area contributed by atoms with Gasteiger partial charge in [-0.1, -0.05) is 71.1 Å². The Labute approximate surface area is 153 Å². The lowest BCUT2D eigenvalue weighted by molar-refractivity contribution is -0.113. The Kier molecular flexibility index (Phi) is 4.99. The number of halogens is 1. The monoisotopic (exact) mass is 403 g/mol. The van der Waals surface area contributed by atoms with Gasteiger partial charge in [0.25, 0.3) is 5.91 Å². The maximum absolute atomic E-state index is 12.7. The highest BCUT2D eigenvalue weighted by Crippen LogP contribution is 2.36. The molecule has 0 atom stereocenters. The van der Waals surface area contributed by atoms with Crippen LogP contribution in [-0.2, 0) is 11.2 Å². The minimum Gasteiger partial charge on any atom is -0.268 e. The second-order valence-corrected chi connectivity index (χ2v) is 7.68. The highest BCUT2D eigenvalue weighted by molar-refractivity contribution is 9.10. The van der Waals surface area contributed by atoms with Crippen LogP contribution in [0.2, 0.25) is 0 Å². The largest absolute Gasteiger partial charge is 0.270 e. The van der Waals surface area contributed by atoms with Crippen molar-refractivity contribution in [2.45, 2.75) is 13.3 Å². The third kappa shape index (κ3) is 3.57. The Morgan fingerprint density at radius 1 is 1.22 bits per heavy atom. The average molecular weight is 404 g/mol. The van der Waals surface area contributed by atoms with Crippen LogP contribution in [0, 0.1) is 0 Å². The molecule has 0 radical (unpaired) electrons. The Bertz CT molecular complexity index is 799. The lowest BCUT2D eigenvalue weighted by Gasteiger charge is -2.14. The molecule has 1 fully saturated rings. The third-order valence-corrected chi connectivity index (χ3v) is 5.34. The van der Waals surface area contributed by atoms with E-state index in [-0.39, 0.29) is 5.91 Å².